The first kappa shape index (κ1) is 27.5. The molecule has 0 unspecified atom stereocenters. The lowest BCUT2D eigenvalue weighted by atomic mass is 10.1. The summed E-state index contributed by atoms with van der Waals surface area (Å²) in [5.74, 6) is -5.05. The molecular formula is C24H27N5O7. The highest BCUT2D eigenvalue weighted by Gasteiger charge is 2.28. The first-order chi connectivity index (χ1) is 17.0. The lowest BCUT2D eigenvalue weighted by molar-refractivity contribution is -0.143. The Labute approximate surface area is 206 Å². The molecule has 0 saturated carbocycles. The van der Waals surface area contributed by atoms with Crippen molar-refractivity contribution in [1.29, 1.82) is 5.41 Å². The molecule has 3 amide bonds. The SMILES string of the molecule is N=C(N)c1ccc(NC(=O)CCC(=O)N[C@@H](CC(=O)O)C(=O)N[C@@H](Cc2ccccc2)C(=O)O)cc1. The van der Waals surface area contributed by atoms with Crippen molar-refractivity contribution in [1.82, 2.24) is 10.6 Å². The molecule has 12 nitrogen and oxygen atoms in total. The molecule has 36 heavy (non-hydrogen) atoms. The summed E-state index contributed by atoms with van der Waals surface area (Å²) in [6.45, 7) is 0. The fraction of sp³-hybridized carbons (Fsp3) is 0.250. The predicted octanol–water partition coefficient (Wildman–Crippen LogP) is 0.461. The van der Waals surface area contributed by atoms with E-state index in [1.54, 1.807) is 42.5 Å². The maximum absolute atomic E-state index is 12.6. The Hall–Kier alpha value is -4.74. The summed E-state index contributed by atoms with van der Waals surface area (Å²) < 4.78 is 0. The normalized spacial score (nSPS) is 12.0. The van der Waals surface area contributed by atoms with Gasteiger partial charge in [-0.25, -0.2) is 4.79 Å². The van der Waals surface area contributed by atoms with Gasteiger partial charge >= 0.3 is 11.9 Å². The topological polar surface area (TPSA) is 212 Å². The molecule has 0 spiro atoms. The van der Waals surface area contributed by atoms with Gasteiger partial charge in [-0.2, -0.15) is 0 Å². The summed E-state index contributed by atoms with van der Waals surface area (Å²) in [6.07, 6.45) is -1.41. The van der Waals surface area contributed by atoms with E-state index in [9.17, 15) is 29.1 Å². The fourth-order valence-electron chi connectivity index (χ4n) is 3.16. The van der Waals surface area contributed by atoms with E-state index in [1.165, 1.54) is 12.1 Å². The largest absolute Gasteiger partial charge is 0.481 e. The van der Waals surface area contributed by atoms with Crippen LogP contribution < -0.4 is 21.7 Å². The highest BCUT2D eigenvalue weighted by molar-refractivity contribution is 5.97. The van der Waals surface area contributed by atoms with Crippen LogP contribution in [-0.2, 0) is 30.4 Å². The van der Waals surface area contributed by atoms with Crippen LogP contribution >= 0.6 is 0 Å². The van der Waals surface area contributed by atoms with Gasteiger partial charge in [-0.1, -0.05) is 30.3 Å². The molecule has 0 saturated heterocycles. The molecule has 8 N–H and O–H groups in total. The zero-order chi connectivity index (χ0) is 26.7. The highest BCUT2D eigenvalue weighted by Crippen LogP contribution is 2.10. The van der Waals surface area contributed by atoms with Crippen LogP contribution in [0, 0.1) is 5.41 Å². The zero-order valence-corrected chi connectivity index (χ0v) is 19.2. The number of nitrogen functional groups attached to an aromatic ring is 1. The van der Waals surface area contributed by atoms with Crippen LogP contribution in [0.15, 0.2) is 54.6 Å². The Morgan fingerprint density at radius 2 is 1.44 bits per heavy atom. The Balaban J connectivity index is 1.93. The van der Waals surface area contributed by atoms with Gasteiger partial charge in [0, 0.05) is 30.5 Å². The van der Waals surface area contributed by atoms with Gasteiger partial charge in [0.1, 0.15) is 17.9 Å². The number of amidine groups is 1. The Morgan fingerprint density at radius 1 is 0.833 bits per heavy atom. The monoisotopic (exact) mass is 497 g/mol. The Bertz CT molecular complexity index is 1120. The number of benzene rings is 2. The van der Waals surface area contributed by atoms with Crippen LogP contribution in [0.2, 0.25) is 0 Å². The number of carboxylic acids is 2. The number of aliphatic carboxylic acids is 2. The van der Waals surface area contributed by atoms with Gasteiger partial charge in [0.15, 0.2) is 0 Å². The van der Waals surface area contributed by atoms with Crippen molar-refractivity contribution in [2.24, 2.45) is 5.73 Å². The predicted molar refractivity (Wildman–Crippen MR) is 129 cm³/mol. The molecule has 2 rings (SSSR count). The van der Waals surface area contributed by atoms with E-state index in [1.807, 2.05) is 0 Å². The average molecular weight is 498 g/mol. The Morgan fingerprint density at radius 3 is 2.00 bits per heavy atom. The van der Waals surface area contributed by atoms with Crippen LogP contribution in [0.3, 0.4) is 0 Å². The molecule has 0 radical (unpaired) electrons. The van der Waals surface area contributed by atoms with Gasteiger partial charge in [-0.3, -0.25) is 24.6 Å². The van der Waals surface area contributed by atoms with Crippen molar-refractivity contribution in [2.45, 2.75) is 37.8 Å². The molecule has 0 aromatic heterocycles. The molecule has 0 fully saturated rings. The minimum atomic E-state index is -1.53. The van der Waals surface area contributed by atoms with Crippen LogP contribution in [-0.4, -0.2) is 57.8 Å². The molecule has 2 atom stereocenters. The van der Waals surface area contributed by atoms with Crippen molar-refractivity contribution in [3.63, 3.8) is 0 Å². The highest BCUT2D eigenvalue weighted by atomic mass is 16.4. The second-order valence-electron chi connectivity index (χ2n) is 7.85. The summed E-state index contributed by atoms with van der Waals surface area (Å²) in [4.78, 5) is 59.9. The molecule has 0 aliphatic carbocycles. The molecule has 0 bridgehead atoms. The number of carboxylic acid groups (broad SMARTS) is 2. The number of rotatable bonds is 13. The first-order valence-corrected chi connectivity index (χ1v) is 10.9. The molecule has 0 aliphatic rings. The summed E-state index contributed by atoms with van der Waals surface area (Å²) in [5.41, 5.74) is 6.91. The maximum atomic E-state index is 12.6. The van der Waals surface area contributed by atoms with Gasteiger partial charge in [0.05, 0.1) is 6.42 Å². The third-order valence-corrected chi connectivity index (χ3v) is 4.99. The quantitative estimate of drug-likeness (QED) is 0.152. The summed E-state index contributed by atoms with van der Waals surface area (Å²) >= 11 is 0. The van der Waals surface area contributed by atoms with Crippen LogP contribution in [0.1, 0.15) is 30.4 Å². The minimum absolute atomic E-state index is 0.0385. The summed E-state index contributed by atoms with van der Waals surface area (Å²) in [5, 5.41) is 33.0. The number of amides is 3. The summed E-state index contributed by atoms with van der Waals surface area (Å²) in [7, 11) is 0. The first-order valence-electron chi connectivity index (χ1n) is 10.9. The van der Waals surface area contributed by atoms with E-state index < -0.39 is 48.2 Å². The van der Waals surface area contributed by atoms with Crippen molar-refractivity contribution < 1.29 is 34.2 Å². The second kappa shape index (κ2) is 13.2. The van der Waals surface area contributed by atoms with Crippen LogP contribution in [0.25, 0.3) is 0 Å². The van der Waals surface area contributed by atoms with Gasteiger partial charge in [-0.05, 0) is 29.8 Å². The molecule has 0 heterocycles. The van der Waals surface area contributed by atoms with E-state index in [0.29, 0.717) is 16.8 Å². The molecule has 12 heteroatoms. The van der Waals surface area contributed by atoms with E-state index in [2.05, 4.69) is 16.0 Å². The standard InChI is InChI=1S/C24H27N5O7/c25-22(26)15-6-8-16(9-7-15)27-19(30)10-11-20(31)28-17(13-21(32)33)23(34)29-18(24(35)36)12-14-4-2-1-3-5-14/h1-9,17-18H,10-13H2,(H3,25,26)(H,27,30)(H,28,31)(H,29,34)(H,32,33)(H,35,36)/t17-,18-/m0/s1. The third kappa shape index (κ3) is 9.25. The third-order valence-electron chi connectivity index (χ3n) is 4.99. The lowest BCUT2D eigenvalue weighted by Gasteiger charge is -2.20. The van der Waals surface area contributed by atoms with Crippen molar-refractivity contribution in [3.8, 4) is 0 Å². The van der Waals surface area contributed by atoms with E-state index in [0.717, 1.165) is 0 Å². The van der Waals surface area contributed by atoms with Crippen LogP contribution in [0.5, 0.6) is 0 Å². The fourth-order valence-corrected chi connectivity index (χ4v) is 3.16. The number of carbonyl (C=O) groups is 5. The number of hydrogen-bond acceptors (Lipinski definition) is 6. The van der Waals surface area contributed by atoms with Gasteiger partial charge in [-0.15, -0.1) is 0 Å². The second-order valence-corrected chi connectivity index (χ2v) is 7.85. The number of hydrogen-bond donors (Lipinski definition) is 7. The Kier molecular flexibility index (Phi) is 10.1. The van der Waals surface area contributed by atoms with Crippen molar-refractivity contribution >= 4 is 41.2 Å². The molecule has 2 aromatic rings. The van der Waals surface area contributed by atoms with Gasteiger partial charge in [0.2, 0.25) is 17.7 Å². The van der Waals surface area contributed by atoms with Gasteiger partial charge in [0.25, 0.3) is 0 Å². The molecule has 2 aromatic carbocycles. The number of nitrogens with two attached hydrogens (primary N) is 1. The van der Waals surface area contributed by atoms with E-state index in [4.69, 9.17) is 16.2 Å². The minimum Gasteiger partial charge on any atom is -0.481 e. The van der Waals surface area contributed by atoms with E-state index in [-0.39, 0.29) is 25.1 Å². The molecular weight excluding hydrogens is 470 g/mol. The summed E-state index contributed by atoms with van der Waals surface area (Å²) in [6, 6.07) is 11.8. The van der Waals surface area contributed by atoms with Crippen LogP contribution in [0.4, 0.5) is 5.69 Å². The van der Waals surface area contributed by atoms with Crippen molar-refractivity contribution in [3.05, 3.63) is 65.7 Å². The number of anilines is 1. The maximum Gasteiger partial charge on any atom is 0.326 e. The average Bonchev–Trinajstić information content (AvgIpc) is 2.82. The number of nitrogens with one attached hydrogen (secondary N) is 4. The lowest BCUT2D eigenvalue weighted by Crippen LogP contribution is -2.53. The smallest absolute Gasteiger partial charge is 0.326 e. The molecule has 190 valence electrons. The number of carbonyl (C=O) groups excluding carboxylic acids is 3. The van der Waals surface area contributed by atoms with E-state index >= 15 is 0 Å². The van der Waals surface area contributed by atoms with Crippen molar-refractivity contribution in [2.75, 3.05) is 5.32 Å². The van der Waals surface area contributed by atoms with Gasteiger partial charge < -0.3 is 31.9 Å². The zero-order valence-electron chi connectivity index (χ0n) is 19.2. The molecule has 0 aliphatic heterocycles.